The van der Waals surface area contributed by atoms with Crippen LogP contribution < -0.4 is 4.74 Å². The van der Waals surface area contributed by atoms with E-state index in [9.17, 15) is 18.0 Å². The minimum absolute atomic E-state index is 0.0262. The van der Waals surface area contributed by atoms with Gasteiger partial charge in [-0.15, -0.1) is 13.2 Å². The molecule has 0 spiro atoms. The van der Waals surface area contributed by atoms with E-state index in [2.05, 4.69) is 16.1 Å². The molecule has 0 aliphatic heterocycles. The first kappa shape index (κ1) is 14.1. The van der Waals surface area contributed by atoms with Crippen LogP contribution in [0.25, 0.3) is 5.57 Å². The molecule has 0 N–H and O–H groups in total. The number of benzene rings is 1. The normalized spacial score (nSPS) is 10.9. The Kier molecular flexibility index (Phi) is 4.00. The lowest BCUT2D eigenvalue weighted by atomic mass is 10.1. The Hall–Kier alpha value is -1.98. The van der Waals surface area contributed by atoms with Crippen molar-refractivity contribution in [2.45, 2.75) is 13.3 Å². The van der Waals surface area contributed by atoms with Crippen molar-refractivity contribution in [3.05, 3.63) is 35.9 Å². The Morgan fingerprint density at radius 2 is 1.94 bits per heavy atom. The number of hydrogen-bond donors (Lipinski definition) is 0. The van der Waals surface area contributed by atoms with Crippen molar-refractivity contribution >= 4 is 11.5 Å². The molecule has 0 heterocycles. The zero-order valence-electron chi connectivity index (χ0n) is 9.80. The average molecular weight is 260 g/mol. The fourth-order valence-electron chi connectivity index (χ4n) is 1.33. The Balaban J connectivity index is 3.24. The third-order valence-electron chi connectivity index (χ3n) is 2.09. The number of ether oxygens (including phenoxy) is 2. The lowest BCUT2D eigenvalue weighted by Gasteiger charge is -2.14. The largest absolute Gasteiger partial charge is 0.573 e. The van der Waals surface area contributed by atoms with Gasteiger partial charge in [0.05, 0.1) is 12.7 Å². The summed E-state index contributed by atoms with van der Waals surface area (Å²) in [4.78, 5) is 11.2. The van der Waals surface area contributed by atoms with E-state index in [1.165, 1.54) is 19.1 Å². The minimum Gasteiger partial charge on any atom is -0.465 e. The molecule has 18 heavy (non-hydrogen) atoms. The smallest absolute Gasteiger partial charge is 0.465 e. The number of hydrogen-bond acceptors (Lipinski definition) is 3. The molecule has 1 rings (SSSR count). The fraction of sp³-hybridized carbons (Fsp3) is 0.250. The molecular formula is C12H11F3O3. The Morgan fingerprint density at radius 1 is 1.33 bits per heavy atom. The first-order valence-corrected chi connectivity index (χ1v) is 4.88. The predicted octanol–water partition coefficient (Wildman–Crippen LogP) is 3.40. The summed E-state index contributed by atoms with van der Waals surface area (Å²) in [7, 11) is 1.14. The van der Waals surface area contributed by atoms with Crippen LogP contribution in [-0.4, -0.2) is 19.4 Å². The molecule has 0 atom stereocenters. The molecule has 1 aromatic carbocycles. The topological polar surface area (TPSA) is 35.5 Å². The number of methoxy groups -OCH3 is 1. The standard InChI is InChI=1S/C12H11F3O3/c1-7(2)9-5-4-8(11(16)17-3)6-10(9)18-12(13,14)15/h4-6H,1H2,2-3H3. The summed E-state index contributed by atoms with van der Waals surface area (Å²) in [5, 5.41) is 0. The van der Waals surface area contributed by atoms with E-state index in [0.717, 1.165) is 13.2 Å². The number of alkyl halides is 3. The zero-order valence-corrected chi connectivity index (χ0v) is 9.80. The monoisotopic (exact) mass is 260 g/mol. The van der Waals surface area contributed by atoms with E-state index in [1.54, 1.807) is 0 Å². The van der Waals surface area contributed by atoms with Crippen LogP contribution in [0.5, 0.6) is 5.75 Å². The van der Waals surface area contributed by atoms with Gasteiger partial charge in [0.2, 0.25) is 0 Å². The van der Waals surface area contributed by atoms with Gasteiger partial charge in [0.15, 0.2) is 0 Å². The molecule has 0 aliphatic rings. The molecular weight excluding hydrogens is 249 g/mol. The second kappa shape index (κ2) is 5.12. The van der Waals surface area contributed by atoms with Crippen LogP contribution in [0.15, 0.2) is 24.8 Å². The second-order valence-corrected chi connectivity index (χ2v) is 3.53. The van der Waals surface area contributed by atoms with Gasteiger partial charge in [0.25, 0.3) is 0 Å². The minimum atomic E-state index is -4.83. The van der Waals surface area contributed by atoms with Crippen molar-refractivity contribution in [3.63, 3.8) is 0 Å². The Morgan fingerprint density at radius 3 is 2.39 bits per heavy atom. The molecule has 3 nitrogen and oxygen atoms in total. The van der Waals surface area contributed by atoms with Gasteiger partial charge in [0, 0.05) is 5.56 Å². The van der Waals surface area contributed by atoms with E-state index in [0.29, 0.717) is 5.57 Å². The first-order valence-electron chi connectivity index (χ1n) is 4.88. The molecule has 0 fully saturated rings. The van der Waals surface area contributed by atoms with Crippen molar-refractivity contribution < 1.29 is 27.4 Å². The number of allylic oxidation sites excluding steroid dienone is 1. The summed E-state index contributed by atoms with van der Waals surface area (Å²) in [5.74, 6) is -1.21. The first-order chi connectivity index (χ1) is 8.24. The number of rotatable bonds is 3. The van der Waals surface area contributed by atoms with Crippen LogP contribution in [-0.2, 0) is 4.74 Å². The van der Waals surface area contributed by atoms with Gasteiger partial charge < -0.3 is 9.47 Å². The molecule has 6 heteroatoms. The molecule has 0 aromatic heterocycles. The molecule has 0 unspecified atom stereocenters. The molecule has 0 radical (unpaired) electrons. The predicted molar refractivity (Wildman–Crippen MR) is 59.2 cm³/mol. The molecule has 98 valence electrons. The van der Waals surface area contributed by atoms with E-state index >= 15 is 0 Å². The lowest BCUT2D eigenvalue weighted by molar-refractivity contribution is -0.274. The van der Waals surface area contributed by atoms with E-state index in [-0.39, 0.29) is 11.1 Å². The van der Waals surface area contributed by atoms with Crippen LogP contribution in [0.1, 0.15) is 22.8 Å². The van der Waals surface area contributed by atoms with Gasteiger partial charge in [-0.1, -0.05) is 12.6 Å². The highest BCUT2D eigenvalue weighted by atomic mass is 19.4. The van der Waals surface area contributed by atoms with Crippen molar-refractivity contribution in [1.82, 2.24) is 0 Å². The van der Waals surface area contributed by atoms with Crippen LogP contribution in [0.3, 0.4) is 0 Å². The van der Waals surface area contributed by atoms with Gasteiger partial charge in [-0.05, 0) is 24.6 Å². The Bertz CT molecular complexity index is 478. The van der Waals surface area contributed by atoms with Crippen molar-refractivity contribution in [1.29, 1.82) is 0 Å². The third kappa shape index (κ3) is 3.51. The third-order valence-corrected chi connectivity index (χ3v) is 2.09. The average Bonchev–Trinajstić information content (AvgIpc) is 2.25. The van der Waals surface area contributed by atoms with Crippen molar-refractivity contribution in [2.75, 3.05) is 7.11 Å². The Labute approximate surface area is 102 Å². The van der Waals surface area contributed by atoms with Gasteiger partial charge in [-0.2, -0.15) is 0 Å². The molecule has 1 aromatic rings. The summed E-state index contributed by atoms with van der Waals surface area (Å²) >= 11 is 0. The van der Waals surface area contributed by atoms with Gasteiger partial charge in [0.1, 0.15) is 5.75 Å². The molecule has 0 amide bonds. The summed E-state index contributed by atoms with van der Waals surface area (Å²) in [6.07, 6.45) is -4.83. The van der Waals surface area contributed by atoms with Crippen LogP contribution >= 0.6 is 0 Å². The summed E-state index contributed by atoms with van der Waals surface area (Å²) in [6.45, 7) is 5.09. The molecule has 0 aliphatic carbocycles. The summed E-state index contributed by atoms with van der Waals surface area (Å²) in [6, 6.07) is 3.65. The number of carbonyl (C=O) groups is 1. The fourth-order valence-corrected chi connectivity index (χ4v) is 1.33. The maximum Gasteiger partial charge on any atom is 0.573 e. The van der Waals surface area contributed by atoms with Crippen molar-refractivity contribution in [3.8, 4) is 5.75 Å². The molecule has 0 saturated carbocycles. The van der Waals surface area contributed by atoms with E-state index < -0.39 is 18.1 Å². The highest BCUT2D eigenvalue weighted by Gasteiger charge is 2.32. The number of halogens is 3. The second-order valence-electron chi connectivity index (χ2n) is 3.53. The highest BCUT2D eigenvalue weighted by Crippen LogP contribution is 2.31. The van der Waals surface area contributed by atoms with Crippen molar-refractivity contribution in [2.24, 2.45) is 0 Å². The molecule has 0 bridgehead atoms. The molecule has 0 saturated heterocycles. The summed E-state index contributed by atoms with van der Waals surface area (Å²) < 4.78 is 45.0. The van der Waals surface area contributed by atoms with Crippen LogP contribution in [0, 0.1) is 0 Å². The summed E-state index contributed by atoms with van der Waals surface area (Å²) in [5.41, 5.74) is 0.549. The van der Waals surface area contributed by atoms with Gasteiger partial charge in [-0.3, -0.25) is 0 Å². The van der Waals surface area contributed by atoms with Gasteiger partial charge >= 0.3 is 12.3 Å². The van der Waals surface area contributed by atoms with E-state index in [1.807, 2.05) is 0 Å². The van der Waals surface area contributed by atoms with E-state index in [4.69, 9.17) is 0 Å². The maximum absolute atomic E-state index is 12.2. The zero-order chi connectivity index (χ0) is 13.9. The number of carbonyl (C=O) groups excluding carboxylic acids is 1. The SMILES string of the molecule is C=C(C)c1ccc(C(=O)OC)cc1OC(F)(F)F. The van der Waals surface area contributed by atoms with Crippen LogP contribution in [0.2, 0.25) is 0 Å². The highest BCUT2D eigenvalue weighted by molar-refractivity contribution is 5.90. The lowest BCUT2D eigenvalue weighted by Crippen LogP contribution is -2.18. The van der Waals surface area contributed by atoms with Crippen LogP contribution in [0.4, 0.5) is 13.2 Å². The maximum atomic E-state index is 12.2. The quantitative estimate of drug-likeness (QED) is 0.781. The number of esters is 1. The van der Waals surface area contributed by atoms with Gasteiger partial charge in [-0.25, -0.2) is 4.79 Å².